The molecule has 0 rings (SSSR count). The average molecular weight is 119 g/mol. The molecule has 0 heterocycles. The summed E-state index contributed by atoms with van der Waals surface area (Å²) in [6.45, 7) is 1.88. The lowest BCUT2D eigenvalue weighted by molar-refractivity contribution is 0.137. The van der Waals surface area contributed by atoms with Gasteiger partial charge in [0.15, 0.2) is 0 Å². The number of allylic oxidation sites excluding steroid dienone is 1. The molecule has 0 unspecified atom stereocenters. The molecule has 8 heavy (non-hydrogen) atoms. The van der Waals surface area contributed by atoms with Crippen molar-refractivity contribution >= 4 is 6.16 Å². The minimum Gasteiger partial charge on any atom is -0.450 e. The Morgan fingerprint density at radius 3 is 1.75 bits per heavy atom. The number of hydrogen-bond donors (Lipinski definition) is 3. The van der Waals surface area contributed by atoms with Crippen LogP contribution in [0.5, 0.6) is 0 Å². The molecule has 0 bridgehead atoms. The van der Waals surface area contributed by atoms with Crippen molar-refractivity contribution in [3.05, 3.63) is 12.3 Å². The van der Waals surface area contributed by atoms with Crippen LogP contribution in [0.15, 0.2) is 12.3 Å². The van der Waals surface area contributed by atoms with Crippen LogP contribution in [0.3, 0.4) is 0 Å². The quantitative estimate of drug-likeness (QED) is 0.438. The van der Waals surface area contributed by atoms with Gasteiger partial charge in [-0.25, -0.2) is 4.79 Å². The van der Waals surface area contributed by atoms with Gasteiger partial charge in [0.25, 0.3) is 0 Å². The van der Waals surface area contributed by atoms with Gasteiger partial charge in [0.1, 0.15) is 0 Å². The SMILES string of the molecule is C/C=C/N.O=C(O)O. The zero-order chi connectivity index (χ0) is 6.99. The summed E-state index contributed by atoms with van der Waals surface area (Å²) in [7, 11) is 0. The predicted octanol–water partition coefficient (Wildman–Crippen LogP) is 0.701. The van der Waals surface area contributed by atoms with Crippen molar-refractivity contribution in [1.29, 1.82) is 0 Å². The van der Waals surface area contributed by atoms with Crippen molar-refractivity contribution < 1.29 is 15.0 Å². The Bertz CT molecular complexity index is 71.4. The molecule has 0 saturated carbocycles. The van der Waals surface area contributed by atoms with Gasteiger partial charge in [0.05, 0.1) is 0 Å². The van der Waals surface area contributed by atoms with Crippen molar-refractivity contribution in [2.45, 2.75) is 6.92 Å². The Morgan fingerprint density at radius 2 is 1.75 bits per heavy atom. The lowest BCUT2D eigenvalue weighted by Crippen LogP contribution is -1.81. The highest BCUT2D eigenvalue weighted by Crippen LogP contribution is 1.47. The minimum absolute atomic E-state index is 1.50. The second-order valence-corrected chi connectivity index (χ2v) is 0.808. The first kappa shape index (κ1) is 9.94. The van der Waals surface area contributed by atoms with E-state index in [1.54, 1.807) is 6.08 Å². The molecule has 4 heteroatoms. The second-order valence-electron chi connectivity index (χ2n) is 0.808. The van der Waals surface area contributed by atoms with Gasteiger partial charge in [-0.05, 0) is 13.1 Å². The summed E-state index contributed by atoms with van der Waals surface area (Å²) in [4.78, 5) is 8.56. The van der Waals surface area contributed by atoms with E-state index in [0.717, 1.165) is 0 Å². The van der Waals surface area contributed by atoms with Gasteiger partial charge >= 0.3 is 6.16 Å². The molecule has 0 fully saturated rings. The summed E-state index contributed by atoms with van der Waals surface area (Å²) in [5, 5.41) is 13.9. The number of rotatable bonds is 0. The van der Waals surface area contributed by atoms with Crippen LogP contribution in [0.2, 0.25) is 0 Å². The number of hydrogen-bond acceptors (Lipinski definition) is 2. The first-order valence-electron chi connectivity index (χ1n) is 1.90. The fourth-order valence-electron chi connectivity index (χ4n) is 0. The Labute approximate surface area is 47.2 Å². The van der Waals surface area contributed by atoms with Crippen molar-refractivity contribution in [2.75, 3.05) is 0 Å². The Balaban J connectivity index is 0. The highest BCUT2D eigenvalue weighted by atomic mass is 16.6. The molecule has 0 aliphatic rings. The van der Waals surface area contributed by atoms with E-state index in [1.807, 2.05) is 6.92 Å². The van der Waals surface area contributed by atoms with Gasteiger partial charge < -0.3 is 15.9 Å². The maximum absolute atomic E-state index is 8.56. The van der Waals surface area contributed by atoms with E-state index < -0.39 is 6.16 Å². The van der Waals surface area contributed by atoms with E-state index in [0.29, 0.717) is 0 Å². The summed E-state index contributed by atoms with van der Waals surface area (Å²) >= 11 is 0. The zero-order valence-corrected chi connectivity index (χ0v) is 4.53. The third-order valence-electron chi connectivity index (χ3n) is 0.192. The number of nitrogens with two attached hydrogens (primary N) is 1. The fraction of sp³-hybridized carbons (Fsp3) is 0.250. The molecule has 0 aromatic rings. The van der Waals surface area contributed by atoms with Crippen LogP contribution in [-0.4, -0.2) is 16.4 Å². The van der Waals surface area contributed by atoms with Crippen LogP contribution in [0, 0.1) is 0 Å². The average Bonchev–Trinajstić information content (AvgIpc) is 1.65. The van der Waals surface area contributed by atoms with Gasteiger partial charge in [-0.1, -0.05) is 6.08 Å². The van der Waals surface area contributed by atoms with E-state index in [-0.39, 0.29) is 0 Å². The second kappa shape index (κ2) is 9.26. The van der Waals surface area contributed by atoms with Crippen LogP contribution >= 0.6 is 0 Å². The molecular weight excluding hydrogens is 110 g/mol. The lowest BCUT2D eigenvalue weighted by atomic mass is 10.7. The Kier molecular flexibility index (Phi) is 11.5. The van der Waals surface area contributed by atoms with E-state index in [1.165, 1.54) is 6.20 Å². The molecule has 0 saturated heterocycles. The molecule has 0 radical (unpaired) electrons. The highest BCUT2D eigenvalue weighted by molar-refractivity contribution is 5.53. The summed E-state index contributed by atoms with van der Waals surface area (Å²) in [6, 6.07) is 0. The van der Waals surface area contributed by atoms with E-state index in [9.17, 15) is 0 Å². The fourth-order valence-corrected chi connectivity index (χ4v) is 0. The number of carbonyl (C=O) groups is 1. The van der Waals surface area contributed by atoms with E-state index in [4.69, 9.17) is 20.7 Å². The van der Waals surface area contributed by atoms with Gasteiger partial charge in [0, 0.05) is 0 Å². The topological polar surface area (TPSA) is 83.6 Å². The number of carboxylic acid groups (broad SMARTS) is 2. The molecule has 0 aromatic heterocycles. The summed E-state index contributed by atoms with van der Waals surface area (Å²) in [6.07, 6.45) is 1.44. The van der Waals surface area contributed by atoms with Crippen LogP contribution < -0.4 is 5.73 Å². The monoisotopic (exact) mass is 119 g/mol. The van der Waals surface area contributed by atoms with E-state index >= 15 is 0 Å². The molecule has 0 atom stereocenters. The van der Waals surface area contributed by atoms with E-state index in [2.05, 4.69) is 0 Å². The lowest BCUT2D eigenvalue weighted by Gasteiger charge is -1.60. The van der Waals surface area contributed by atoms with Crippen molar-refractivity contribution in [3.8, 4) is 0 Å². The molecule has 0 amide bonds. The van der Waals surface area contributed by atoms with Crippen LogP contribution in [0.25, 0.3) is 0 Å². The Morgan fingerprint density at radius 1 is 1.62 bits per heavy atom. The van der Waals surface area contributed by atoms with Crippen LogP contribution in [-0.2, 0) is 0 Å². The first-order valence-corrected chi connectivity index (χ1v) is 1.90. The summed E-state index contributed by atoms with van der Waals surface area (Å²) in [5.41, 5.74) is 4.85. The first-order chi connectivity index (χ1) is 3.65. The van der Waals surface area contributed by atoms with Crippen molar-refractivity contribution in [3.63, 3.8) is 0 Å². The minimum atomic E-state index is -1.83. The maximum atomic E-state index is 8.56. The molecule has 0 spiro atoms. The molecule has 0 aromatic carbocycles. The molecular formula is C4H9NO3. The molecule has 4 nitrogen and oxygen atoms in total. The summed E-state index contributed by atoms with van der Waals surface area (Å²) < 4.78 is 0. The van der Waals surface area contributed by atoms with Gasteiger partial charge in [0.2, 0.25) is 0 Å². The van der Waals surface area contributed by atoms with Crippen molar-refractivity contribution in [2.24, 2.45) is 5.73 Å². The predicted molar refractivity (Wildman–Crippen MR) is 29.7 cm³/mol. The van der Waals surface area contributed by atoms with Gasteiger partial charge in [-0.3, -0.25) is 0 Å². The molecule has 48 valence electrons. The van der Waals surface area contributed by atoms with Gasteiger partial charge in [-0.2, -0.15) is 0 Å². The van der Waals surface area contributed by atoms with Crippen molar-refractivity contribution in [1.82, 2.24) is 0 Å². The highest BCUT2D eigenvalue weighted by Gasteiger charge is 1.70. The van der Waals surface area contributed by atoms with Crippen LogP contribution in [0.4, 0.5) is 4.79 Å². The third kappa shape index (κ3) is 1930. The summed E-state index contributed by atoms with van der Waals surface area (Å²) in [5.74, 6) is 0. The standard InChI is InChI=1S/C3H7N.CH2O3/c1-2-3-4;2-1(3)4/h2-3H,4H2,1H3;(H2,2,3,4)/b3-2+;. The molecule has 4 N–H and O–H groups in total. The normalized spacial score (nSPS) is 7.62. The Hall–Kier alpha value is -1.19. The molecule has 0 aliphatic carbocycles. The largest absolute Gasteiger partial charge is 0.503 e. The maximum Gasteiger partial charge on any atom is 0.503 e. The molecule has 0 aliphatic heterocycles. The zero-order valence-electron chi connectivity index (χ0n) is 4.53. The van der Waals surface area contributed by atoms with Gasteiger partial charge in [-0.15, -0.1) is 0 Å². The third-order valence-corrected chi connectivity index (χ3v) is 0.192. The smallest absolute Gasteiger partial charge is 0.450 e. The van der Waals surface area contributed by atoms with Crippen LogP contribution in [0.1, 0.15) is 6.92 Å².